The lowest BCUT2D eigenvalue weighted by atomic mass is 9.93. The minimum absolute atomic E-state index is 0.00720. The second-order valence-electron chi connectivity index (χ2n) is 6.51. The summed E-state index contributed by atoms with van der Waals surface area (Å²) in [5.74, 6) is 0.364. The van der Waals surface area contributed by atoms with Crippen molar-refractivity contribution in [1.29, 1.82) is 0 Å². The molecular weight excluding hydrogens is 284 g/mol. The normalized spacial score (nSPS) is 25.3. The third kappa shape index (κ3) is 2.63. The number of pyridine rings is 1. The SMILES string of the molecule is Cc1cc(O)cc(=O)n1CC(=O)N1CCOCC1(C)C1CC1. The number of carbonyl (C=O) groups excluding carboxylic acids is 1. The minimum Gasteiger partial charge on any atom is -0.508 e. The fourth-order valence-electron chi connectivity index (χ4n) is 3.36. The average Bonchev–Trinajstić information content (AvgIpc) is 3.28. The maximum Gasteiger partial charge on any atom is 0.254 e. The number of morpholine rings is 1. The highest BCUT2D eigenvalue weighted by atomic mass is 16.5. The molecule has 2 aliphatic rings. The maximum atomic E-state index is 12.8. The molecule has 2 heterocycles. The van der Waals surface area contributed by atoms with E-state index in [9.17, 15) is 14.7 Å². The van der Waals surface area contributed by atoms with Gasteiger partial charge in [0, 0.05) is 18.3 Å². The number of rotatable bonds is 3. The summed E-state index contributed by atoms with van der Waals surface area (Å²) in [5, 5.41) is 9.44. The number of carbonyl (C=O) groups is 1. The van der Waals surface area contributed by atoms with Crippen molar-refractivity contribution in [2.24, 2.45) is 5.92 Å². The van der Waals surface area contributed by atoms with Gasteiger partial charge in [0.2, 0.25) is 5.91 Å². The van der Waals surface area contributed by atoms with Gasteiger partial charge < -0.3 is 19.3 Å². The lowest BCUT2D eigenvalue weighted by Crippen LogP contribution is -2.59. The summed E-state index contributed by atoms with van der Waals surface area (Å²) in [4.78, 5) is 26.6. The molecule has 0 bridgehead atoms. The van der Waals surface area contributed by atoms with Gasteiger partial charge in [-0.15, -0.1) is 0 Å². The molecule has 22 heavy (non-hydrogen) atoms. The van der Waals surface area contributed by atoms with Gasteiger partial charge in [0.1, 0.15) is 12.3 Å². The number of aromatic hydroxyl groups is 1. The molecular formula is C16H22N2O4. The van der Waals surface area contributed by atoms with Crippen LogP contribution in [-0.4, -0.2) is 45.8 Å². The van der Waals surface area contributed by atoms with Gasteiger partial charge in [0.15, 0.2) is 0 Å². The number of hydrogen-bond acceptors (Lipinski definition) is 4. The molecule has 1 saturated heterocycles. The topological polar surface area (TPSA) is 71.8 Å². The van der Waals surface area contributed by atoms with E-state index >= 15 is 0 Å². The van der Waals surface area contributed by atoms with Gasteiger partial charge in [-0.05, 0) is 38.7 Å². The van der Waals surface area contributed by atoms with Crippen LogP contribution in [0, 0.1) is 12.8 Å². The molecule has 1 aromatic heterocycles. The quantitative estimate of drug-likeness (QED) is 0.900. The smallest absolute Gasteiger partial charge is 0.254 e. The molecule has 2 fully saturated rings. The van der Waals surface area contributed by atoms with Gasteiger partial charge in [0.05, 0.1) is 18.8 Å². The van der Waals surface area contributed by atoms with Gasteiger partial charge >= 0.3 is 0 Å². The summed E-state index contributed by atoms with van der Waals surface area (Å²) >= 11 is 0. The van der Waals surface area contributed by atoms with Gasteiger partial charge in [-0.1, -0.05) is 0 Å². The zero-order valence-corrected chi connectivity index (χ0v) is 13.0. The minimum atomic E-state index is -0.354. The Balaban J connectivity index is 1.83. The third-order valence-corrected chi connectivity index (χ3v) is 4.84. The summed E-state index contributed by atoms with van der Waals surface area (Å²) in [6, 6.07) is 2.63. The van der Waals surface area contributed by atoms with E-state index in [-0.39, 0.29) is 29.3 Å². The molecule has 1 aromatic rings. The van der Waals surface area contributed by atoms with Crippen molar-refractivity contribution < 1.29 is 14.6 Å². The molecule has 6 nitrogen and oxygen atoms in total. The van der Waals surface area contributed by atoms with E-state index in [1.807, 2.05) is 4.90 Å². The van der Waals surface area contributed by atoms with E-state index in [1.165, 1.54) is 10.6 Å². The van der Waals surface area contributed by atoms with Crippen molar-refractivity contribution in [2.75, 3.05) is 19.8 Å². The molecule has 1 unspecified atom stereocenters. The molecule has 1 amide bonds. The van der Waals surface area contributed by atoms with Crippen LogP contribution in [0.15, 0.2) is 16.9 Å². The first-order chi connectivity index (χ1) is 10.4. The number of nitrogens with zero attached hydrogens (tertiary/aromatic N) is 2. The van der Waals surface area contributed by atoms with Crippen LogP contribution in [0.1, 0.15) is 25.5 Å². The molecule has 1 atom stereocenters. The summed E-state index contributed by atoms with van der Waals surface area (Å²) in [6.45, 7) is 5.47. The molecule has 0 spiro atoms. The largest absolute Gasteiger partial charge is 0.508 e. The molecule has 120 valence electrons. The van der Waals surface area contributed by atoms with Crippen molar-refractivity contribution >= 4 is 5.91 Å². The second kappa shape index (κ2) is 5.43. The summed E-state index contributed by atoms with van der Waals surface area (Å²) in [7, 11) is 0. The Morgan fingerprint density at radius 2 is 2.18 bits per heavy atom. The van der Waals surface area contributed by atoms with Crippen LogP contribution in [0.5, 0.6) is 5.75 Å². The Morgan fingerprint density at radius 3 is 2.82 bits per heavy atom. The lowest BCUT2D eigenvalue weighted by Gasteiger charge is -2.45. The molecule has 1 saturated carbocycles. The number of hydrogen-bond donors (Lipinski definition) is 1. The van der Waals surface area contributed by atoms with Gasteiger partial charge in [-0.25, -0.2) is 0 Å². The molecule has 6 heteroatoms. The first-order valence-corrected chi connectivity index (χ1v) is 7.70. The van der Waals surface area contributed by atoms with E-state index in [1.54, 1.807) is 6.92 Å². The fourth-order valence-corrected chi connectivity index (χ4v) is 3.36. The fraction of sp³-hybridized carbons (Fsp3) is 0.625. The van der Waals surface area contributed by atoms with Crippen molar-refractivity contribution in [3.05, 3.63) is 28.2 Å². The molecule has 0 radical (unpaired) electrons. The van der Waals surface area contributed by atoms with E-state index in [0.29, 0.717) is 31.4 Å². The molecule has 3 rings (SSSR count). The summed E-state index contributed by atoms with van der Waals surface area (Å²) in [5.41, 5.74) is -0.0315. The van der Waals surface area contributed by atoms with Gasteiger partial charge in [-0.2, -0.15) is 0 Å². The molecule has 1 aliphatic carbocycles. The Morgan fingerprint density at radius 1 is 1.45 bits per heavy atom. The van der Waals surface area contributed by atoms with E-state index in [2.05, 4.69) is 6.92 Å². The summed E-state index contributed by atoms with van der Waals surface area (Å²) < 4.78 is 6.99. The van der Waals surface area contributed by atoms with E-state index in [4.69, 9.17) is 4.74 Å². The van der Waals surface area contributed by atoms with Crippen LogP contribution in [0.4, 0.5) is 0 Å². The standard InChI is InChI=1S/C16H22N2O4/c1-11-7-13(19)8-14(20)17(11)9-15(21)18-5-6-22-10-16(18,2)12-3-4-12/h7-8,12,19H,3-6,9-10H2,1-2H3. The zero-order valence-electron chi connectivity index (χ0n) is 13.0. The van der Waals surface area contributed by atoms with Crippen molar-refractivity contribution in [2.45, 2.75) is 38.8 Å². The first kappa shape index (κ1) is 15.1. The Hall–Kier alpha value is -1.82. The highest BCUT2D eigenvalue weighted by Gasteiger charge is 2.49. The van der Waals surface area contributed by atoms with Crippen LogP contribution in [0.25, 0.3) is 0 Å². The monoisotopic (exact) mass is 306 g/mol. The second-order valence-corrected chi connectivity index (χ2v) is 6.51. The predicted molar refractivity (Wildman–Crippen MR) is 80.8 cm³/mol. The number of aryl methyl sites for hydroxylation is 1. The third-order valence-electron chi connectivity index (χ3n) is 4.84. The van der Waals surface area contributed by atoms with Crippen molar-refractivity contribution in [3.8, 4) is 5.75 Å². The molecule has 1 aliphatic heterocycles. The molecule has 1 N–H and O–H groups in total. The molecule has 0 aromatic carbocycles. The van der Waals surface area contributed by atoms with Crippen molar-refractivity contribution in [3.63, 3.8) is 0 Å². The van der Waals surface area contributed by atoms with Gasteiger partial charge in [-0.3, -0.25) is 9.59 Å². The van der Waals surface area contributed by atoms with Gasteiger partial charge in [0.25, 0.3) is 5.56 Å². The van der Waals surface area contributed by atoms with Crippen LogP contribution in [0.3, 0.4) is 0 Å². The van der Waals surface area contributed by atoms with Crippen molar-refractivity contribution in [1.82, 2.24) is 9.47 Å². The van der Waals surface area contributed by atoms with Crippen LogP contribution < -0.4 is 5.56 Å². The van der Waals surface area contributed by atoms with Crippen LogP contribution in [0.2, 0.25) is 0 Å². The maximum absolute atomic E-state index is 12.8. The first-order valence-electron chi connectivity index (χ1n) is 7.70. The van der Waals surface area contributed by atoms with Crippen LogP contribution >= 0.6 is 0 Å². The number of amides is 1. The lowest BCUT2D eigenvalue weighted by molar-refractivity contribution is -0.150. The predicted octanol–water partition coefficient (Wildman–Crippen LogP) is 0.890. The van der Waals surface area contributed by atoms with E-state index < -0.39 is 0 Å². The number of aromatic nitrogens is 1. The Labute approximate surface area is 129 Å². The van der Waals surface area contributed by atoms with Crippen LogP contribution in [-0.2, 0) is 16.1 Å². The zero-order chi connectivity index (χ0) is 15.9. The Kier molecular flexibility index (Phi) is 3.72. The highest BCUT2D eigenvalue weighted by Crippen LogP contribution is 2.44. The van der Waals surface area contributed by atoms with E-state index in [0.717, 1.165) is 18.9 Å². The average molecular weight is 306 g/mol. The number of ether oxygens (including phenoxy) is 1. The highest BCUT2D eigenvalue weighted by molar-refractivity contribution is 5.77. The Bertz CT molecular complexity index is 650. The summed E-state index contributed by atoms with van der Waals surface area (Å²) in [6.07, 6.45) is 2.25.